The van der Waals surface area contributed by atoms with Gasteiger partial charge in [0.25, 0.3) is 0 Å². The molecule has 2 rings (SSSR count). The molecule has 2 N–H and O–H groups in total. The molecule has 4 nitrogen and oxygen atoms in total. The van der Waals surface area contributed by atoms with Crippen LogP contribution in [0, 0.1) is 11.8 Å². The van der Waals surface area contributed by atoms with Crippen LogP contribution in [-0.2, 0) is 9.59 Å². The lowest BCUT2D eigenvalue weighted by Crippen LogP contribution is -2.21. The Morgan fingerprint density at radius 3 is 1.17 bits per heavy atom. The van der Waals surface area contributed by atoms with Crippen molar-refractivity contribution in [2.24, 2.45) is 11.8 Å². The number of aliphatic carboxylic acids is 2. The summed E-state index contributed by atoms with van der Waals surface area (Å²) in [5, 5.41) is 18.8. The molecule has 2 aliphatic rings. The predicted octanol–water partition coefficient (Wildman–Crippen LogP) is 2.83. The second-order valence-corrected chi connectivity index (χ2v) is 5.40. The molecule has 0 atom stereocenters. The highest BCUT2D eigenvalue weighted by Crippen LogP contribution is 2.39. The van der Waals surface area contributed by atoms with Crippen molar-refractivity contribution < 1.29 is 19.8 Å². The SMILES string of the molecule is O=C(O)C(=C(C(=O)O)C1CCCC1)C1CCCC1. The molecule has 0 aliphatic heterocycles. The molecule has 0 unspecified atom stereocenters. The fourth-order valence-corrected chi connectivity index (χ4v) is 3.45. The Labute approximate surface area is 107 Å². The predicted molar refractivity (Wildman–Crippen MR) is 66.2 cm³/mol. The molecule has 0 aromatic rings. The normalized spacial score (nSPS) is 23.1. The summed E-state index contributed by atoms with van der Waals surface area (Å²) in [5.41, 5.74) is 0.402. The molecular weight excluding hydrogens is 232 g/mol. The van der Waals surface area contributed by atoms with Crippen LogP contribution in [0.15, 0.2) is 11.1 Å². The van der Waals surface area contributed by atoms with Crippen LogP contribution in [0.25, 0.3) is 0 Å². The summed E-state index contributed by atoms with van der Waals surface area (Å²) >= 11 is 0. The Balaban J connectivity index is 2.38. The minimum Gasteiger partial charge on any atom is -0.478 e. The van der Waals surface area contributed by atoms with Crippen molar-refractivity contribution in [1.29, 1.82) is 0 Å². The lowest BCUT2D eigenvalue weighted by atomic mass is 9.85. The van der Waals surface area contributed by atoms with E-state index >= 15 is 0 Å². The van der Waals surface area contributed by atoms with Crippen LogP contribution in [-0.4, -0.2) is 22.2 Å². The molecule has 4 heteroatoms. The average molecular weight is 252 g/mol. The first kappa shape index (κ1) is 13.1. The van der Waals surface area contributed by atoms with Crippen LogP contribution >= 0.6 is 0 Å². The minimum atomic E-state index is -1.02. The van der Waals surface area contributed by atoms with Crippen LogP contribution in [0.5, 0.6) is 0 Å². The van der Waals surface area contributed by atoms with Crippen molar-refractivity contribution in [3.63, 3.8) is 0 Å². The first-order valence-electron chi connectivity index (χ1n) is 6.82. The van der Waals surface area contributed by atoms with Gasteiger partial charge in [-0.1, -0.05) is 25.7 Å². The lowest BCUT2D eigenvalue weighted by molar-refractivity contribution is -0.136. The number of carbonyl (C=O) groups is 2. The van der Waals surface area contributed by atoms with Crippen LogP contribution in [0.3, 0.4) is 0 Å². The summed E-state index contributed by atoms with van der Waals surface area (Å²) in [7, 11) is 0. The van der Waals surface area contributed by atoms with E-state index in [0.29, 0.717) is 0 Å². The van der Waals surface area contributed by atoms with Crippen molar-refractivity contribution in [3.05, 3.63) is 11.1 Å². The Bertz CT molecular complexity index is 335. The molecule has 18 heavy (non-hydrogen) atoms. The standard InChI is InChI=1S/C14H20O4/c15-13(16)11(9-5-1-2-6-9)12(14(17)18)10-7-3-4-8-10/h9-10H,1-8H2,(H,15,16)(H,17,18). The fourth-order valence-electron chi connectivity index (χ4n) is 3.45. The van der Waals surface area contributed by atoms with Gasteiger partial charge in [-0.3, -0.25) is 0 Å². The maximum atomic E-state index is 11.5. The van der Waals surface area contributed by atoms with Gasteiger partial charge in [0.05, 0.1) is 11.1 Å². The highest BCUT2D eigenvalue weighted by atomic mass is 16.4. The van der Waals surface area contributed by atoms with Gasteiger partial charge in [-0.2, -0.15) is 0 Å². The molecule has 0 spiro atoms. The van der Waals surface area contributed by atoms with Gasteiger partial charge < -0.3 is 10.2 Å². The third kappa shape index (κ3) is 2.57. The summed E-state index contributed by atoms with van der Waals surface area (Å²) in [6, 6.07) is 0. The highest BCUT2D eigenvalue weighted by Gasteiger charge is 2.34. The minimum absolute atomic E-state index is 0.0470. The molecule has 2 saturated carbocycles. The zero-order valence-corrected chi connectivity index (χ0v) is 10.5. The maximum Gasteiger partial charge on any atom is 0.332 e. The second-order valence-electron chi connectivity index (χ2n) is 5.40. The number of hydrogen-bond acceptors (Lipinski definition) is 2. The van der Waals surface area contributed by atoms with E-state index in [-0.39, 0.29) is 23.0 Å². The van der Waals surface area contributed by atoms with E-state index in [0.717, 1.165) is 51.4 Å². The monoisotopic (exact) mass is 252 g/mol. The van der Waals surface area contributed by atoms with E-state index in [9.17, 15) is 19.8 Å². The van der Waals surface area contributed by atoms with Crippen molar-refractivity contribution in [2.45, 2.75) is 51.4 Å². The van der Waals surface area contributed by atoms with Crippen molar-refractivity contribution in [2.75, 3.05) is 0 Å². The highest BCUT2D eigenvalue weighted by molar-refractivity contribution is 5.99. The third-order valence-corrected chi connectivity index (χ3v) is 4.28. The van der Waals surface area contributed by atoms with Gasteiger partial charge >= 0.3 is 11.9 Å². The molecule has 0 aromatic carbocycles. The van der Waals surface area contributed by atoms with Gasteiger partial charge in [-0.05, 0) is 37.5 Å². The summed E-state index contributed by atoms with van der Waals surface area (Å²) in [4.78, 5) is 22.9. The molecule has 100 valence electrons. The van der Waals surface area contributed by atoms with Gasteiger partial charge in [0.1, 0.15) is 0 Å². The number of carboxylic acids is 2. The molecule has 0 bridgehead atoms. The largest absolute Gasteiger partial charge is 0.478 e. The summed E-state index contributed by atoms with van der Waals surface area (Å²) < 4.78 is 0. The van der Waals surface area contributed by atoms with Crippen molar-refractivity contribution in [3.8, 4) is 0 Å². The van der Waals surface area contributed by atoms with Crippen molar-refractivity contribution in [1.82, 2.24) is 0 Å². The van der Waals surface area contributed by atoms with Gasteiger partial charge in [-0.25, -0.2) is 9.59 Å². The Morgan fingerprint density at radius 2 is 0.944 bits per heavy atom. The fraction of sp³-hybridized carbons (Fsp3) is 0.714. The average Bonchev–Trinajstić information content (AvgIpc) is 2.97. The third-order valence-electron chi connectivity index (χ3n) is 4.28. The molecule has 0 aromatic heterocycles. The summed E-state index contributed by atoms with van der Waals surface area (Å²) in [6.07, 6.45) is 7.35. The zero-order chi connectivity index (χ0) is 13.1. The van der Waals surface area contributed by atoms with E-state index in [1.807, 2.05) is 0 Å². The quantitative estimate of drug-likeness (QED) is 0.754. The van der Waals surface area contributed by atoms with Gasteiger partial charge in [-0.15, -0.1) is 0 Å². The molecule has 0 saturated heterocycles. The Morgan fingerprint density at radius 1 is 0.667 bits per heavy atom. The molecule has 0 heterocycles. The van der Waals surface area contributed by atoms with Gasteiger partial charge in [0.2, 0.25) is 0 Å². The van der Waals surface area contributed by atoms with E-state index in [1.165, 1.54) is 0 Å². The molecule has 0 radical (unpaired) electrons. The Hall–Kier alpha value is -1.32. The zero-order valence-electron chi connectivity index (χ0n) is 10.5. The number of rotatable bonds is 4. The summed E-state index contributed by atoms with van der Waals surface area (Å²) in [5.74, 6) is -2.14. The van der Waals surface area contributed by atoms with E-state index in [2.05, 4.69) is 0 Å². The van der Waals surface area contributed by atoms with E-state index in [1.54, 1.807) is 0 Å². The van der Waals surface area contributed by atoms with Crippen LogP contribution in [0.1, 0.15) is 51.4 Å². The maximum absolute atomic E-state index is 11.5. The first-order valence-corrected chi connectivity index (χ1v) is 6.82. The molecule has 0 amide bonds. The summed E-state index contributed by atoms with van der Waals surface area (Å²) in [6.45, 7) is 0. The van der Waals surface area contributed by atoms with E-state index < -0.39 is 11.9 Å². The van der Waals surface area contributed by atoms with Crippen LogP contribution in [0.4, 0.5) is 0 Å². The smallest absolute Gasteiger partial charge is 0.332 e. The molecule has 2 fully saturated rings. The second kappa shape index (κ2) is 5.55. The van der Waals surface area contributed by atoms with Crippen LogP contribution < -0.4 is 0 Å². The van der Waals surface area contributed by atoms with Gasteiger partial charge in [0, 0.05) is 0 Å². The number of carboxylic acid groups (broad SMARTS) is 2. The molecular formula is C14H20O4. The molecule has 2 aliphatic carbocycles. The Kier molecular flexibility index (Phi) is 4.04. The van der Waals surface area contributed by atoms with E-state index in [4.69, 9.17) is 0 Å². The van der Waals surface area contributed by atoms with Gasteiger partial charge in [0.15, 0.2) is 0 Å². The van der Waals surface area contributed by atoms with Crippen molar-refractivity contribution >= 4 is 11.9 Å². The topological polar surface area (TPSA) is 74.6 Å². The first-order chi connectivity index (χ1) is 8.61. The number of hydrogen-bond donors (Lipinski definition) is 2. The lowest BCUT2D eigenvalue weighted by Gasteiger charge is -2.18. The van der Waals surface area contributed by atoms with Crippen LogP contribution in [0.2, 0.25) is 0 Å².